The molecule has 0 saturated carbocycles. The molecule has 0 aliphatic rings. The molecule has 0 rings (SSSR count). The summed E-state index contributed by atoms with van der Waals surface area (Å²) < 4.78 is 6.57. The van der Waals surface area contributed by atoms with Crippen LogP contribution in [0.15, 0.2) is 0 Å². The van der Waals surface area contributed by atoms with E-state index in [1.54, 1.807) is 0 Å². The van der Waals surface area contributed by atoms with Gasteiger partial charge >= 0.3 is 0 Å². The van der Waals surface area contributed by atoms with Gasteiger partial charge in [0.2, 0.25) is 0 Å². The van der Waals surface area contributed by atoms with E-state index in [9.17, 15) is 0 Å². The number of hydrogen-bond acceptors (Lipinski definition) is 2. The van der Waals surface area contributed by atoms with Crippen LogP contribution in [0.25, 0.3) is 0 Å². The summed E-state index contributed by atoms with van der Waals surface area (Å²) in [7, 11) is -2.91. The van der Waals surface area contributed by atoms with Crippen molar-refractivity contribution in [2.45, 2.75) is 77.8 Å². The lowest BCUT2D eigenvalue weighted by atomic mass is 10.0. The van der Waals surface area contributed by atoms with Gasteiger partial charge in [-0.15, -0.1) is 0 Å². The van der Waals surface area contributed by atoms with E-state index in [0.717, 1.165) is 18.9 Å². The molecule has 0 aromatic carbocycles. The SMILES string of the molecule is CCC(C)CCC[Si](C)(C)O[Si](C)(C)CCCN. The Bertz CT molecular complexity index is 220. The van der Waals surface area contributed by atoms with Crippen LogP contribution in [0.2, 0.25) is 38.3 Å². The van der Waals surface area contributed by atoms with Crippen molar-refractivity contribution >= 4 is 16.6 Å². The first-order chi connectivity index (χ1) is 8.22. The minimum atomic E-state index is -1.46. The van der Waals surface area contributed by atoms with Crippen molar-refractivity contribution in [3.63, 3.8) is 0 Å². The summed E-state index contributed by atoms with van der Waals surface area (Å²) in [4.78, 5) is 0. The number of hydrogen-bond donors (Lipinski definition) is 1. The zero-order valence-corrected chi connectivity index (χ0v) is 15.5. The highest BCUT2D eigenvalue weighted by atomic mass is 28.4. The maximum atomic E-state index is 6.57. The first-order valence-corrected chi connectivity index (χ1v) is 13.9. The Labute approximate surface area is 117 Å². The summed E-state index contributed by atoms with van der Waals surface area (Å²) in [6, 6.07) is 2.53. The fourth-order valence-corrected chi connectivity index (χ4v) is 11.4. The quantitative estimate of drug-likeness (QED) is 0.597. The van der Waals surface area contributed by atoms with Crippen molar-refractivity contribution in [2.24, 2.45) is 11.7 Å². The summed E-state index contributed by atoms with van der Waals surface area (Å²) in [5.41, 5.74) is 5.61. The highest BCUT2D eigenvalue weighted by Gasteiger charge is 2.32. The Morgan fingerprint density at radius 2 is 1.50 bits per heavy atom. The maximum Gasteiger partial charge on any atom is 0.173 e. The van der Waals surface area contributed by atoms with Gasteiger partial charge in [-0.1, -0.05) is 33.1 Å². The van der Waals surface area contributed by atoms with Crippen molar-refractivity contribution in [2.75, 3.05) is 6.54 Å². The van der Waals surface area contributed by atoms with Crippen LogP contribution in [0.3, 0.4) is 0 Å². The monoisotopic (exact) mass is 289 g/mol. The van der Waals surface area contributed by atoms with Crippen molar-refractivity contribution < 1.29 is 4.12 Å². The van der Waals surface area contributed by atoms with Crippen LogP contribution >= 0.6 is 0 Å². The Balaban J connectivity index is 4.04. The number of rotatable bonds is 10. The Morgan fingerprint density at radius 1 is 1.00 bits per heavy atom. The minimum Gasteiger partial charge on any atom is -0.455 e. The normalized spacial score (nSPS) is 14.8. The summed E-state index contributed by atoms with van der Waals surface area (Å²) >= 11 is 0. The number of nitrogens with two attached hydrogens (primary N) is 1. The zero-order chi connectivity index (χ0) is 14.2. The molecule has 0 radical (unpaired) electrons. The standard InChI is InChI=1S/C14H35NOSi2/c1-7-14(2)10-8-12-17(3,4)16-18(5,6)13-9-11-15/h14H,7-13,15H2,1-6H3. The van der Waals surface area contributed by atoms with Gasteiger partial charge in [-0.05, 0) is 57.2 Å². The van der Waals surface area contributed by atoms with Crippen LogP contribution in [0.1, 0.15) is 39.5 Å². The van der Waals surface area contributed by atoms with Gasteiger partial charge < -0.3 is 9.85 Å². The summed E-state index contributed by atoms with van der Waals surface area (Å²) in [6.07, 6.45) is 5.13. The van der Waals surface area contributed by atoms with Gasteiger partial charge in [0.1, 0.15) is 0 Å². The lowest BCUT2D eigenvalue weighted by molar-refractivity contribution is 0.488. The van der Waals surface area contributed by atoms with E-state index in [2.05, 4.69) is 40.0 Å². The van der Waals surface area contributed by atoms with Gasteiger partial charge in [-0.25, -0.2) is 0 Å². The van der Waals surface area contributed by atoms with Crippen LogP contribution in [0.5, 0.6) is 0 Å². The summed E-state index contributed by atoms with van der Waals surface area (Å²) in [6.45, 7) is 14.9. The van der Waals surface area contributed by atoms with Gasteiger partial charge in [0, 0.05) is 0 Å². The van der Waals surface area contributed by atoms with Crippen LogP contribution in [-0.2, 0) is 4.12 Å². The Hall–Kier alpha value is 0.354. The molecule has 0 heterocycles. The van der Waals surface area contributed by atoms with Crippen molar-refractivity contribution in [1.29, 1.82) is 0 Å². The second-order valence-electron chi connectivity index (χ2n) is 6.92. The predicted octanol–water partition coefficient (Wildman–Crippen LogP) is 4.59. The van der Waals surface area contributed by atoms with Crippen molar-refractivity contribution in [3.8, 4) is 0 Å². The van der Waals surface area contributed by atoms with Crippen LogP contribution in [0, 0.1) is 5.92 Å². The second-order valence-corrected chi connectivity index (χ2v) is 15.8. The molecular weight excluding hydrogens is 254 g/mol. The maximum absolute atomic E-state index is 6.57. The third-order valence-electron chi connectivity index (χ3n) is 3.71. The topological polar surface area (TPSA) is 35.2 Å². The van der Waals surface area contributed by atoms with Crippen molar-refractivity contribution in [3.05, 3.63) is 0 Å². The van der Waals surface area contributed by atoms with Crippen LogP contribution in [-0.4, -0.2) is 23.2 Å². The molecule has 0 amide bonds. The van der Waals surface area contributed by atoms with E-state index >= 15 is 0 Å². The molecule has 18 heavy (non-hydrogen) atoms. The minimum absolute atomic E-state index is 0.801. The van der Waals surface area contributed by atoms with E-state index in [4.69, 9.17) is 9.85 Å². The van der Waals surface area contributed by atoms with Crippen LogP contribution in [0.4, 0.5) is 0 Å². The highest BCUT2D eigenvalue weighted by Crippen LogP contribution is 2.25. The Kier molecular flexibility index (Phi) is 8.68. The van der Waals surface area contributed by atoms with Gasteiger partial charge in [0.15, 0.2) is 16.6 Å². The molecule has 0 saturated heterocycles. The third kappa shape index (κ3) is 9.31. The molecule has 2 nitrogen and oxygen atoms in total. The average molecular weight is 290 g/mol. The van der Waals surface area contributed by atoms with E-state index in [-0.39, 0.29) is 0 Å². The average Bonchev–Trinajstić information content (AvgIpc) is 2.24. The fourth-order valence-electron chi connectivity index (χ4n) is 2.46. The van der Waals surface area contributed by atoms with Gasteiger partial charge in [-0.3, -0.25) is 0 Å². The van der Waals surface area contributed by atoms with E-state index in [1.807, 2.05) is 0 Å². The second kappa shape index (κ2) is 8.51. The molecule has 0 bridgehead atoms. The van der Waals surface area contributed by atoms with Gasteiger partial charge in [-0.2, -0.15) is 0 Å². The molecule has 0 fully saturated rings. The van der Waals surface area contributed by atoms with Crippen molar-refractivity contribution in [1.82, 2.24) is 0 Å². The van der Waals surface area contributed by atoms with E-state index in [0.29, 0.717) is 0 Å². The first kappa shape index (κ1) is 18.4. The molecule has 0 aromatic heterocycles. The molecule has 0 spiro atoms. The highest BCUT2D eigenvalue weighted by molar-refractivity contribution is 6.84. The molecule has 0 aliphatic heterocycles. The molecule has 1 unspecified atom stereocenters. The molecule has 110 valence electrons. The zero-order valence-electron chi connectivity index (χ0n) is 13.5. The smallest absolute Gasteiger partial charge is 0.173 e. The largest absolute Gasteiger partial charge is 0.455 e. The first-order valence-electron chi connectivity index (χ1n) is 7.62. The lowest BCUT2D eigenvalue weighted by Gasteiger charge is -2.34. The van der Waals surface area contributed by atoms with Gasteiger partial charge in [0.05, 0.1) is 0 Å². The summed E-state index contributed by atoms with van der Waals surface area (Å²) in [5.74, 6) is 0.872. The van der Waals surface area contributed by atoms with E-state index in [1.165, 1.54) is 31.4 Å². The lowest BCUT2D eigenvalue weighted by Crippen LogP contribution is -2.44. The molecule has 1 atom stereocenters. The fraction of sp³-hybridized carbons (Fsp3) is 1.00. The Morgan fingerprint density at radius 3 is 1.94 bits per heavy atom. The molecular formula is C14H35NOSi2. The molecule has 0 aliphatic carbocycles. The molecule has 2 N–H and O–H groups in total. The summed E-state index contributed by atoms with van der Waals surface area (Å²) in [5, 5.41) is 0. The third-order valence-corrected chi connectivity index (χ3v) is 11.2. The molecule has 4 heteroatoms. The van der Waals surface area contributed by atoms with E-state index < -0.39 is 16.6 Å². The van der Waals surface area contributed by atoms with Gasteiger partial charge in [0.25, 0.3) is 0 Å². The van der Waals surface area contributed by atoms with Crippen LogP contribution < -0.4 is 5.73 Å². The predicted molar refractivity (Wildman–Crippen MR) is 88.0 cm³/mol. The molecule has 0 aromatic rings.